The monoisotopic (exact) mass is 158 g/mol. The second-order valence-electron chi connectivity index (χ2n) is 3.20. The normalized spacial score (nSPS) is 16.4. The van der Waals surface area contributed by atoms with Crippen LogP contribution in [-0.2, 0) is 0 Å². The molecule has 0 heterocycles. The summed E-state index contributed by atoms with van der Waals surface area (Å²) in [5.41, 5.74) is 5.60. The molecule has 0 saturated heterocycles. The third-order valence-electron chi connectivity index (χ3n) is 2.05. The molecular formula is C9H22N2. The second kappa shape index (κ2) is 6.62. The Hall–Kier alpha value is -0.0800. The second-order valence-corrected chi connectivity index (χ2v) is 3.20. The van der Waals surface area contributed by atoms with Crippen molar-refractivity contribution in [2.45, 2.75) is 52.1 Å². The molecule has 0 fully saturated rings. The first kappa shape index (κ1) is 10.9. The van der Waals surface area contributed by atoms with Gasteiger partial charge >= 0.3 is 0 Å². The van der Waals surface area contributed by atoms with Gasteiger partial charge in [0.2, 0.25) is 0 Å². The molecule has 0 aromatic carbocycles. The molecule has 0 aliphatic heterocycles. The van der Waals surface area contributed by atoms with Crippen LogP contribution in [0.4, 0.5) is 0 Å². The molecule has 0 spiro atoms. The molecule has 0 aliphatic carbocycles. The highest BCUT2D eigenvalue weighted by molar-refractivity contribution is 4.70. The summed E-state index contributed by atoms with van der Waals surface area (Å²) < 4.78 is 0. The first-order valence-electron chi connectivity index (χ1n) is 4.70. The van der Waals surface area contributed by atoms with Gasteiger partial charge in [0.1, 0.15) is 0 Å². The first-order chi connectivity index (χ1) is 5.24. The summed E-state index contributed by atoms with van der Waals surface area (Å²) >= 11 is 0. The SMILES string of the molecule is CCCC(CN)NC(C)CC. The van der Waals surface area contributed by atoms with Crippen LogP contribution in [0, 0.1) is 0 Å². The van der Waals surface area contributed by atoms with Crippen molar-refractivity contribution in [1.82, 2.24) is 5.32 Å². The molecule has 11 heavy (non-hydrogen) atoms. The lowest BCUT2D eigenvalue weighted by Gasteiger charge is -2.20. The van der Waals surface area contributed by atoms with E-state index in [4.69, 9.17) is 5.73 Å². The van der Waals surface area contributed by atoms with Gasteiger partial charge in [-0.15, -0.1) is 0 Å². The Morgan fingerprint density at radius 2 is 2.00 bits per heavy atom. The topological polar surface area (TPSA) is 38.0 Å². The lowest BCUT2D eigenvalue weighted by molar-refractivity contribution is 0.418. The molecular weight excluding hydrogens is 136 g/mol. The third-order valence-corrected chi connectivity index (χ3v) is 2.05. The van der Waals surface area contributed by atoms with E-state index in [-0.39, 0.29) is 0 Å². The van der Waals surface area contributed by atoms with E-state index < -0.39 is 0 Å². The Morgan fingerprint density at radius 1 is 1.36 bits per heavy atom. The molecule has 2 unspecified atom stereocenters. The van der Waals surface area contributed by atoms with Gasteiger partial charge in [-0.05, 0) is 19.8 Å². The van der Waals surface area contributed by atoms with Gasteiger partial charge in [0.25, 0.3) is 0 Å². The van der Waals surface area contributed by atoms with Crippen molar-refractivity contribution in [3.8, 4) is 0 Å². The maximum atomic E-state index is 5.60. The minimum absolute atomic E-state index is 0.523. The van der Waals surface area contributed by atoms with Crippen LogP contribution in [0.25, 0.3) is 0 Å². The standard InChI is InChI=1S/C9H22N2/c1-4-6-9(7-10)11-8(3)5-2/h8-9,11H,4-7,10H2,1-3H3. The molecule has 2 heteroatoms. The lowest BCUT2D eigenvalue weighted by Crippen LogP contribution is -2.41. The van der Waals surface area contributed by atoms with Gasteiger partial charge in [0.15, 0.2) is 0 Å². The van der Waals surface area contributed by atoms with Crippen LogP contribution in [0.3, 0.4) is 0 Å². The van der Waals surface area contributed by atoms with Crippen molar-refractivity contribution < 1.29 is 0 Å². The van der Waals surface area contributed by atoms with Crippen LogP contribution in [0.1, 0.15) is 40.0 Å². The third kappa shape index (κ3) is 5.22. The predicted molar refractivity (Wildman–Crippen MR) is 50.6 cm³/mol. The first-order valence-corrected chi connectivity index (χ1v) is 4.70. The molecule has 2 atom stereocenters. The molecule has 3 N–H and O–H groups in total. The van der Waals surface area contributed by atoms with Crippen LogP contribution in [0.15, 0.2) is 0 Å². The summed E-state index contributed by atoms with van der Waals surface area (Å²) in [6, 6.07) is 1.13. The van der Waals surface area contributed by atoms with E-state index in [2.05, 4.69) is 26.1 Å². The van der Waals surface area contributed by atoms with Crippen molar-refractivity contribution in [3.05, 3.63) is 0 Å². The van der Waals surface area contributed by atoms with Crippen molar-refractivity contribution in [3.63, 3.8) is 0 Å². The van der Waals surface area contributed by atoms with Crippen LogP contribution in [-0.4, -0.2) is 18.6 Å². The lowest BCUT2D eigenvalue weighted by atomic mass is 10.1. The number of nitrogens with two attached hydrogens (primary N) is 1. The maximum absolute atomic E-state index is 5.60. The van der Waals surface area contributed by atoms with E-state index in [1.54, 1.807) is 0 Å². The van der Waals surface area contributed by atoms with Crippen molar-refractivity contribution in [2.75, 3.05) is 6.54 Å². The van der Waals surface area contributed by atoms with Gasteiger partial charge in [-0.1, -0.05) is 20.3 Å². The molecule has 0 radical (unpaired) electrons. The summed E-state index contributed by atoms with van der Waals surface area (Å²) in [5, 5.41) is 3.49. The van der Waals surface area contributed by atoms with Gasteiger partial charge in [-0.25, -0.2) is 0 Å². The number of hydrogen-bond acceptors (Lipinski definition) is 2. The Labute approximate surface area is 70.5 Å². The van der Waals surface area contributed by atoms with Crippen LogP contribution < -0.4 is 11.1 Å². The van der Waals surface area contributed by atoms with Gasteiger partial charge in [-0.2, -0.15) is 0 Å². The molecule has 0 bridgehead atoms. The summed E-state index contributed by atoms with van der Waals surface area (Å²) in [6.45, 7) is 7.36. The van der Waals surface area contributed by atoms with E-state index in [1.807, 2.05) is 0 Å². The van der Waals surface area contributed by atoms with E-state index in [0.717, 1.165) is 6.54 Å². The Morgan fingerprint density at radius 3 is 2.36 bits per heavy atom. The van der Waals surface area contributed by atoms with Gasteiger partial charge in [0, 0.05) is 18.6 Å². The average molecular weight is 158 g/mol. The van der Waals surface area contributed by atoms with E-state index in [0.29, 0.717) is 12.1 Å². The zero-order chi connectivity index (χ0) is 8.69. The maximum Gasteiger partial charge on any atom is 0.0192 e. The fourth-order valence-corrected chi connectivity index (χ4v) is 1.14. The Kier molecular flexibility index (Phi) is 6.57. The summed E-state index contributed by atoms with van der Waals surface area (Å²) in [6.07, 6.45) is 3.59. The van der Waals surface area contributed by atoms with E-state index in [9.17, 15) is 0 Å². The van der Waals surface area contributed by atoms with Crippen LogP contribution in [0.5, 0.6) is 0 Å². The van der Waals surface area contributed by atoms with Gasteiger partial charge in [0.05, 0.1) is 0 Å². The zero-order valence-corrected chi connectivity index (χ0v) is 8.06. The minimum Gasteiger partial charge on any atom is -0.329 e. The summed E-state index contributed by atoms with van der Waals surface area (Å²) in [4.78, 5) is 0. The minimum atomic E-state index is 0.523. The Bertz CT molecular complexity index is 83.6. The fraction of sp³-hybridized carbons (Fsp3) is 1.00. The number of hydrogen-bond donors (Lipinski definition) is 2. The molecule has 0 rings (SSSR count). The number of nitrogens with one attached hydrogen (secondary N) is 1. The highest BCUT2D eigenvalue weighted by Gasteiger charge is 2.06. The highest BCUT2D eigenvalue weighted by atomic mass is 15.0. The van der Waals surface area contributed by atoms with Gasteiger partial charge < -0.3 is 11.1 Å². The van der Waals surface area contributed by atoms with E-state index in [1.165, 1.54) is 19.3 Å². The fourth-order valence-electron chi connectivity index (χ4n) is 1.14. The van der Waals surface area contributed by atoms with Crippen molar-refractivity contribution >= 4 is 0 Å². The van der Waals surface area contributed by atoms with Crippen molar-refractivity contribution in [1.29, 1.82) is 0 Å². The molecule has 0 aromatic heterocycles. The largest absolute Gasteiger partial charge is 0.329 e. The summed E-state index contributed by atoms with van der Waals surface area (Å²) in [7, 11) is 0. The predicted octanol–water partition coefficient (Wildman–Crippen LogP) is 1.50. The quantitative estimate of drug-likeness (QED) is 0.615. The summed E-state index contributed by atoms with van der Waals surface area (Å²) in [5.74, 6) is 0. The molecule has 0 amide bonds. The zero-order valence-electron chi connectivity index (χ0n) is 8.06. The van der Waals surface area contributed by atoms with Gasteiger partial charge in [-0.3, -0.25) is 0 Å². The molecule has 68 valence electrons. The average Bonchev–Trinajstić information content (AvgIpc) is 2.03. The van der Waals surface area contributed by atoms with Crippen molar-refractivity contribution in [2.24, 2.45) is 5.73 Å². The molecule has 2 nitrogen and oxygen atoms in total. The molecule has 0 saturated carbocycles. The van der Waals surface area contributed by atoms with Crippen LogP contribution >= 0.6 is 0 Å². The number of rotatable bonds is 6. The van der Waals surface area contributed by atoms with Crippen LogP contribution in [0.2, 0.25) is 0 Å². The van der Waals surface area contributed by atoms with E-state index >= 15 is 0 Å². The molecule has 0 aliphatic rings. The smallest absolute Gasteiger partial charge is 0.0192 e. The highest BCUT2D eigenvalue weighted by Crippen LogP contribution is 1.98. The Balaban J connectivity index is 3.49. The molecule has 0 aromatic rings.